The van der Waals surface area contributed by atoms with Crippen molar-refractivity contribution in [1.29, 1.82) is 0 Å². The summed E-state index contributed by atoms with van der Waals surface area (Å²) in [5, 5.41) is 2.95. The molecule has 30 heavy (non-hydrogen) atoms. The number of rotatable bonds is 4. The molecule has 1 heterocycles. The molecule has 0 bridgehead atoms. The molecule has 0 saturated carbocycles. The Labute approximate surface area is 177 Å². The molecular weight excluding hydrogens is 372 g/mol. The Morgan fingerprint density at radius 1 is 0.900 bits per heavy atom. The number of nitrogens with zero attached hydrogens (tertiary/aromatic N) is 1. The predicted molar refractivity (Wildman–Crippen MR) is 120 cm³/mol. The molecule has 2 amide bonds. The summed E-state index contributed by atoms with van der Waals surface area (Å²) in [6, 6.07) is 23.2. The molecule has 0 aliphatic carbocycles. The first-order valence-corrected chi connectivity index (χ1v) is 10.4. The standard InChI is InChI=1S/C26H26N2O2/c1-18-10-13-20(14-11-18)24-9-6-16-28(24)26(30)22-15-12-19(2)23(17-22)27-25(29)21-7-4-3-5-8-21/h3-5,7-8,10-15,17,24H,6,9,16H2,1-2H3,(H,27,29). The van der Waals surface area contributed by atoms with Crippen LogP contribution in [0.4, 0.5) is 5.69 Å². The average molecular weight is 399 g/mol. The van der Waals surface area contributed by atoms with Gasteiger partial charge in [0.2, 0.25) is 0 Å². The van der Waals surface area contributed by atoms with Gasteiger partial charge in [0.25, 0.3) is 11.8 Å². The third-order valence-electron chi connectivity index (χ3n) is 5.74. The maximum Gasteiger partial charge on any atom is 0.255 e. The molecular formula is C26H26N2O2. The number of hydrogen-bond acceptors (Lipinski definition) is 2. The average Bonchev–Trinajstić information content (AvgIpc) is 3.26. The monoisotopic (exact) mass is 398 g/mol. The van der Waals surface area contributed by atoms with E-state index < -0.39 is 0 Å². The van der Waals surface area contributed by atoms with Crippen molar-refractivity contribution in [2.24, 2.45) is 0 Å². The number of aryl methyl sites for hydroxylation is 2. The lowest BCUT2D eigenvalue weighted by Crippen LogP contribution is -2.30. The van der Waals surface area contributed by atoms with Crippen LogP contribution in [0.3, 0.4) is 0 Å². The molecule has 4 nitrogen and oxygen atoms in total. The molecule has 3 aromatic carbocycles. The number of likely N-dealkylation sites (tertiary alicyclic amines) is 1. The Hall–Kier alpha value is -3.40. The first-order chi connectivity index (χ1) is 14.5. The van der Waals surface area contributed by atoms with Crippen LogP contribution < -0.4 is 5.32 Å². The summed E-state index contributed by atoms with van der Waals surface area (Å²) in [5.74, 6) is -0.171. The summed E-state index contributed by atoms with van der Waals surface area (Å²) in [7, 11) is 0. The number of amides is 2. The zero-order chi connectivity index (χ0) is 21.1. The van der Waals surface area contributed by atoms with Crippen molar-refractivity contribution in [2.45, 2.75) is 32.7 Å². The molecule has 0 spiro atoms. The number of nitrogens with one attached hydrogen (secondary N) is 1. The first kappa shape index (κ1) is 19.9. The highest BCUT2D eigenvalue weighted by molar-refractivity contribution is 6.05. The number of carbonyl (C=O) groups excluding carboxylic acids is 2. The third kappa shape index (κ3) is 4.13. The molecule has 152 valence electrons. The van der Waals surface area contributed by atoms with Crippen LogP contribution in [-0.2, 0) is 0 Å². The van der Waals surface area contributed by atoms with Gasteiger partial charge < -0.3 is 10.2 Å². The van der Waals surface area contributed by atoms with E-state index >= 15 is 0 Å². The Bertz CT molecular complexity index is 1060. The van der Waals surface area contributed by atoms with Crippen LogP contribution in [0.5, 0.6) is 0 Å². The Morgan fingerprint density at radius 3 is 2.37 bits per heavy atom. The number of benzene rings is 3. The van der Waals surface area contributed by atoms with Gasteiger partial charge in [-0.05, 0) is 62.1 Å². The van der Waals surface area contributed by atoms with E-state index in [0.29, 0.717) is 16.8 Å². The maximum absolute atomic E-state index is 13.3. The molecule has 1 unspecified atom stereocenters. The summed E-state index contributed by atoms with van der Waals surface area (Å²) < 4.78 is 0. The SMILES string of the molecule is Cc1ccc(C2CCCN2C(=O)c2ccc(C)c(NC(=O)c3ccccc3)c2)cc1. The van der Waals surface area contributed by atoms with E-state index in [1.807, 2.05) is 42.2 Å². The second-order valence-corrected chi connectivity index (χ2v) is 7.92. The Balaban J connectivity index is 1.56. The smallest absolute Gasteiger partial charge is 0.255 e. The van der Waals surface area contributed by atoms with Gasteiger partial charge in [0, 0.05) is 23.4 Å². The highest BCUT2D eigenvalue weighted by atomic mass is 16.2. The van der Waals surface area contributed by atoms with Crippen molar-refractivity contribution in [3.05, 3.63) is 101 Å². The van der Waals surface area contributed by atoms with Crippen LogP contribution in [0.25, 0.3) is 0 Å². The molecule has 1 atom stereocenters. The molecule has 1 fully saturated rings. The largest absolute Gasteiger partial charge is 0.332 e. The number of anilines is 1. The van der Waals surface area contributed by atoms with E-state index in [-0.39, 0.29) is 17.9 Å². The van der Waals surface area contributed by atoms with Crippen molar-refractivity contribution < 1.29 is 9.59 Å². The summed E-state index contributed by atoms with van der Waals surface area (Å²) >= 11 is 0. The lowest BCUT2D eigenvalue weighted by atomic mass is 10.0. The van der Waals surface area contributed by atoms with Crippen molar-refractivity contribution in [2.75, 3.05) is 11.9 Å². The quantitative estimate of drug-likeness (QED) is 0.628. The van der Waals surface area contributed by atoms with Gasteiger partial charge in [0.15, 0.2) is 0 Å². The highest BCUT2D eigenvalue weighted by Crippen LogP contribution is 2.33. The van der Waals surface area contributed by atoms with Gasteiger partial charge >= 0.3 is 0 Å². The third-order valence-corrected chi connectivity index (χ3v) is 5.74. The lowest BCUT2D eigenvalue weighted by Gasteiger charge is -2.25. The molecule has 4 heteroatoms. The van der Waals surface area contributed by atoms with Crippen molar-refractivity contribution >= 4 is 17.5 Å². The van der Waals surface area contributed by atoms with Gasteiger partial charge in [-0.15, -0.1) is 0 Å². The van der Waals surface area contributed by atoms with Gasteiger partial charge in [-0.2, -0.15) is 0 Å². The lowest BCUT2D eigenvalue weighted by molar-refractivity contribution is 0.0735. The minimum absolute atomic E-state index is 0.00767. The van der Waals surface area contributed by atoms with Gasteiger partial charge in [-0.25, -0.2) is 0 Å². The van der Waals surface area contributed by atoms with Crippen molar-refractivity contribution in [3.8, 4) is 0 Å². The Kier molecular flexibility index (Phi) is 5.66. The fraction of sp³-hybridized carbons (Fsp3) is 0.231. The van der Waals surface area contributed by atoms with Gasteiger partial charge in [-0.3, -0.25) is 9.59 Å². The summed E-state index contributed by atoms with van der Waals surface area (Å²) in [6.45, 7) is 4.75. The molecule has 0 radical (unpaired) electrons. The highest BCUT2D eigenvalue weighted by Gasteiger charge is 2.30. The summed E-state index contributed by atoms with van der Waals surface area (Å²) in [6.07, 6.45) is 1.96. The summed E-state index contributed by atoms with van der Waals surface area (Å²) in [4.78, 5) is 27.8. The topological polar surface area (TPSA) is 49.4 Å². The normalized spacial score (nSPS) is 15.8. The van der Waals surface area contributed by atoms with E-state index in [4.69, 9.17) is 0 Å². The van der Waals surface area contributed by atoms with Crippen LogP contribution >= 0.6 is 0 Å². The minimum atomic E-state index is -0.179. The van der Waals surface area contributed by atoms with E-state index in [9.17, 15) is 9.59 Å². The second kappa shape index (κ2) is 8.54. The molecule has 0 aromatic heterocycles. The molecule has 1 aliphatic rings. The number of carbonyl (C=O) groups is 2. The maximum atomic E-state index is 13.3. The van der Waals surface area contributed by atoms with Crippen LogP contribution in [0.15, 0.2) is 72.8 Å². The Morgan fingerprint density at radius 2 is 1.63 bits per heavy atom. The van der Waals surface area contributed by atoms with E-state index in [2.05, 4.69) is 36.5 Å². The van der Waals surface area contributed by atoms with Crippen LogP contribution in [0.1, 0.15) is 56.3 Å². The van der Waals surface area contributed by atoms with E-state index in [0.717, 1.165) is 24.9 Å². The van der Waals surface area contributed by atoms with Crippen molar-refractivity contribution in [1.82, 2.24) is 4.90 Å². The molecule has 4 rings (SSSR count). The van der Waals surface area contributed by atoms with Crippen LogP contribution in [0, 0.1) is 13.8 Å². The zero-order valence-corrected chi connectivity index (χ0v) is 17.4. The van der Waals surface area contributed by atoms with E-state index in [1.165, 1.54) is 11.1 Å². The first-order valence-electron chi connectivity index (χ1n) is 10.4. The predicted octanol–water partition coefficient (Wildman–Crippen LogP) is 5.53. The van der Waals surface area contributed by atoms with E-state index in [1.54, 1.807) is 18.2 Å². The number of hydrogen-bond donors (Lipinski definition) is 1. The van der Waals surface area contributed by atoms with Gasteiger partial charge in [0.1, 0.15) is 0 Å². The molecule has 1 saturated heterocycles. The second-order valence-electron chi connectivity index (χ2n) is 7.92. The van der Waals surface area contributed by atoms with Crippen LogP contribution in [0.2, 0.25) is 0 Å². The fourth-order valence-electron chi connectivity index (χ4n) is 3.98. The van der Waals surface area contributed by atoms with Crippen molar-refractivity contribution in [3.63, 3.8) is 0 Å². The zero-order valence-electron chi connectivity index (χ0n) is 17.4. The molecule has 3 aromatic rings. The summed E-state index contributed by atoms with van der Waals surface area (Å²) in [5.41, 5.74) is 5.17. The minimum Gasteiger partial charge on any atom is -0.332 e. The fourth-order valence-corrected chi connectivity index (χ4v) is 3.98. The van der Waals surface area contributed by atoms with Gasteiger partial charge in [-0.1, -0.05) is 54.1 Å². The van der Waals surface area contributed by atoms with Gasteiger partial charge in [0.05, 0.1) is 6.04 Å². The molecule has 1 N–H and O–H groups in total. The molecule has 1 aliphatic heterocycles. The van der Waals surface area contributed by atoms with Crippen LogP contribution in [-0.4, -0.2) is 23.3 Å².